The third-order valence-corrected chi connectivity index (χ3v) is 2.97. The Bertz CT molecular complexity index is 430. The number of halogens is 3. The molecule has 0 saturated heterocycles. The van der Waals surface area contributed by atoms with Crippen molar-refractivity contribution in [1.82, 2.24) is 0 Å². The normalized spacial score (nSPS) is 12.4. The lowest BCUT2D eigenvalue weighted by Crippen LogP contribution is -2.25. The molecule has 6 heteroatoms. The van der Waals surface area contributed by atoms with Crippen molar-refractivity contribution in [3.8, 4) is 0 Å². The van der Waals surface area contributed by atoms with E-state index in [1.807, 2.05) is 0 Å². The van der Waals surface area contributed by atoms with E-state index in [4.69, 9.17) is 4.74 Å². The highest BCUT2D eigenvalue weighted by atomic mass is 19.2. The quantitative estimate of drug-likeness (QED) is 0.514. The van der Waals surface area contributed by atoms with Gasteiger partial charge in [-0.15, -0.1) is 0 Å². The van der Waals surface area contributed by atoms with Crippen LogP contribution in [0.1, 0.15) is 32.6 Å². The van der Waals surface area contributed by atoms with Crippen molar-refractivity contribution in [2.24, 2.45) is 0 Å². The van der Waals surface area contributed by atoms with Gasteiger partial charge in [-0.25, -0.2) is 13.2 Å². The minimum absolute atomic E-state index is 0.0469. The summed E-state index contributed by atoms with van der Waals surface area (Å²) in [6, 6.07) is 1.31. The summed E-state index contributed by atoms with van der Waals surface area (Å²) in [5, 5.41) is 12.1. The van der Waals surface area contributed by atoms with E-state index in [-0.39, 0.29) is 18.8 Å². The molecule has 0 aromatic heterocycles. The van der Waals surface area contributed by atoms with Crippen molar-refractivity contribution in [1.29, 1.82) is 0 Å². The number of aliphatic hydroxyl groups excluding tert-OH is 1. The van der Waals surface area contributed by atoms with Gasteiger partial charge in [0.2, 0.25) is 0 Å². The van der Waals surface area contributed by atoms with Gasteiger partial charge in [-0.2, -0.15) is 0 Å². The molecule has 120 valence electrons. The molecular formula is C15H22F3NO2. The Morgan fingerprint density at radius 3 is 2.67 bits per heavy atom. The number of nitrogens with one attached hydrogen (secondary N) is 1. The zero-order valence-corrected chi connectivity index (χ0v) is 12.2. The smallest absolute Gasteiger partial charge is 0.182 e. The second kappa shape index (κ2) is 9.63. The highest BCUT2D eigenvalue weighted by Crippen LogP contribution is 2.18. The van der Waals surface area contributed by atoms with Gasteiger partial charge in [-0.3, -0.25) is 0 Å². The third kappa shape index (κ3) is 6.82. The average molecular weight is 305 g/mol. The van der Waals surface area contributed by atoms with Crippen LogP contribution in [-0.4, -0.2) is 31.0 Å². The van der Waals surface area contributed by atoms with Gasteiger partial charge in [-0.1, -0.05) is 26.2 Å². The Hall–Kier alpha value is -1.27. The maximum absolute atomic E-state index is 13.3. The van der Waals surface area contributed by atoms with E-state index in [2.05, 4.69) is 12.2 Å². The summed E-state index contributed by atoms with van der Waals surface area (Å²) < 4.78 is 44.5. The fraction of sp³-hybridized carbons (Fsp3) is 0.600. The molecule has 0 spiro atoms. The number of anilines is 1. The molecule has 1 rings (SSSR count). The van der Waals surface area contributed by atoms with Crippen LogP contribution < -0.4 is 5.32 Å². The van der Waals surface area contributed by atoms with Crippen LogP contribution in [0.4, 0.5) is 18.9 Å². The van der Waals surface area contributed by atoms with Crippen molar-refractivity contribution in [2.75, 3.05) is 25.1 Å². The molecule has 0 amide bonds. The molecule has 1 aromatic carbocycles. The maximum atomic E-state index is 13.3. The zero-order valence-electron chi connectivity index (χ0n) is 12.2. The van der Waals surface area contributed by atoms with Crippen LogP contribution in [0.15, 0.2) is 12.1 Å². The molecular weight excluding hydrogens is 283 g/mol. The number of unbranched alkanes of at least 4 members (excludes halogenated alkanes) is 3. The predicted molar refractivity (Wildman–Crippen MR) is 75.8 cm³/mol. The SMILES string of the molecule is CCCCCCOCC(O)CNc1cc(F)cc(F)c1F. The summed E-state index contributed by atoms with van der Waals surface area (Å²) >= 11 is 0. The van der Waals surface area contributed by atoms with Crippen molar-refractivity contribution in [3.63, 3.8) is 0 Å². The number of ether oxygens (including phenoxy) is 1. The Morgan fingerprint density at radius 2 is 1.95 bits per heavy atom. The summed E-state index contributed by atoms with van der Waals surface area (Å²) in [5.41, 5.74) is -0.311. The Balaban J connectivity index is 2.25. The van der Waals surface area contributed by atoms with E-state index in [1.165, 1.54) is 0 Å². The van der Waals surface area contributed by atoms with Gasteiger partial charge in [0.15, 0.2) is 11.6 Å². The first-order valence-corrected chi connectivity index (χ1v) is 7.18. The standard InChI is InChI=1S/C15H22F3NO2/c1-2-3-4-5-6-21-10-12(20)9-19-14-8-11(16)7-13(17)15(14)18/h7-8,12,19-20H,2-6,9-10H2,1H3. The Morgan fingerprint density at radius 1 is 1.19 bits per heavy atom. The minimum atomic E-state index is -1.26. The fourth-order valence-corrected chi connectivity index (χ4v) is 1.82. The first-order chi connectivity index (χ1) is 10.0. The van der Waals surface area contributed by atoms with Gasteiger partial charge in [0.05, 0.1) is 18.4 Å². The molecule has 21 heavy (non-hydrogen) atoms. The van der Waals surface area contributed by atoms with Gasteiger partial charge in [-0.05, 0) is 6.42 Å². The van der Waals surface area contributed by atoms with Crippen LogP contribution in [-0.2, 0) is 4.74 Å². The fourth-order valence-electron chi connectivity index (χ4n) is 1.82. The molecule has 2 N–H and O–H groups in total. The summed E-state index contributed by atoms with van der Waals surface area (Å²) in [7, 11) is 0. The monoisotopic (exact) mass is 305 g/mol. The van der Waals surface area contributed by atoms with Crippen LogP contribution >= 0.6 is 0 Å². The molecule has 0 aliphatic heterocycles. The third-order valence-electron chi connectivity index (χ3n) is 2.97. The van der Waals surface area contributed by atoms with Gasteiger partial charge in [0.1, 0.15) is 5.82 Å². The Labute approximate surface area is 123 Å². The predicted octanol–water partition coefficient (Wildman–Crippen LogP) is 3.47. The van der Waals surface area contributed by atoms with Crippen molar-refractivity contribution >= 4 is 5.69 Å². The minimum Gasteiger partial charge on any atom is -0.389 e. The van der Waals surface area contributed by atoms with E-state index in [0.29, 0.717) is 12.7 Å². The lowest BCUT2D eigenvalue weighted by atomic mass is 10.2. The molecule has 3 nitrogen and oxygen atoms in total. The van der Waals surface area contributed by atoms with Crippen LogP contribution in [0.5, 0.6) is 0 Å². The number of aliphatic hydroxyl groups is 1. The first-order valence-electron chi connectivity index (χ1n) is 7.18. The van der Waals surface area contributed by atoms with E-state index >= 15 is 0 Å². The Kier molecular flexibility index (Phi) is 8.15. The molecule has 0 aliphatic rings. The van der Waals surface area contributed by atoms with Crippen LogP contribution in [0, 0.1) is 17.5 Å². The lowest BCUT2D eigenvalue weighted by molar-refractivity contribution is 0.0416. The largest absolute Gasteiger partial charge is 0.389 e. The lowest BCUT2D eigenvalue weighted by Gasteiger charge is -2.14. The molecule has 1 aromatic rings. The zero-order chi connectivity index (χ0) is 15.7. The molecule has 0 aliphatic carbocycles. The summed E-state index contributed by atoms with van der Waals surface area (Å²) in [6.07, 6.45) is 3.43. The summed E-state index contributed by atoms with van der Waals surface area (Å²) in [6.45, 7) is 2.72. The van der Waals surface area contributed by atoms with E-state index in [9.17, 15) is 18.3 Å². The first kappa shape index (κ1) is 17.8. The van der Waals surface area contributed by atoms with Crippen LogP contribution in [0.3, 0.4) is 0 Å². The van der Waals surface area contributed by atoms with Gasteiger partial charge in [0, 0.05) is 25.3 Å². The molecule has 0 bridgehead atoms. The second-order valence-electron chi connectivity index (χ2n) is 4.92. The number of hydrogen-bond acceptors (Lipinski definition) is 3. The molecule has 0 fully saturated rings. The number of benzene rings is 1. The van der Waals surface area contributed by atoms with Gasteiger partial charge < -0.3 is 15.2 Å². The van der Waals surface area contributed by atoms with Gasteiger partial charge in [0.25, 0.3) is 0 Å². The molecule has 0 heterocycles. The highest BCUT2D eigenvalue weighted by Gasteiger charge is 2.12. The second-order valence-corrected chi connectivity index (χ2v) is 4.92. The molecule has 1 atom stereocenters. The summed E-state index contributed by atoms with van der Waals surface area (Å²) in [5.74, 6) is -3.30. The van der Waals surface area contributed by atoms with Crippen molar-refractivity contribution in [2.45, 2.75) is 38.7 Å². The number of rotatable bonds is 10. The molecule has 0 saturated carbocycles. The van der Waals surface area contributed by atoms with E-state index < -0.39 is 23.6 Å². The molecule has 1 unspecified atom stereocenters. The van der Waals surface area contributed by atoms with E-state index in [1.54, 1.807) is 0 Å². The highest BCUT2D eigenvalue weighted by molar-refractivity contribution is 5.45. The maximum Gasteiger partial charge on any atom is 0.182 e. The molecule has 0 radical (unpaired) electrons. The van der Waals surface area contributed by atoms with Crippen LogP contribution in [0.25, 0.3) is 0 Å². The van der Waals surface area contributed by atoms with Gasteiger partial charge >= 0.3 is 0 Å². The number of hydrogen-bond donors (Lipinski definition) is 2. The summed E-state index contributed by atoms with van der Waals surface area (Å²) in [4.78, 5) is 0. The van der Waals surface area contributed by atoms with E-state index in [0.717, 1.165) is 31.7 Å². The topological polar surface area (TPSA) is 41.5 Å². The average Bonchev–Trinajstić information content (AvgIpc) is 2.45. The van der Waals surface area contributed by atoms with Crippen molar-refractivity contribution in [3.05, 3.63) is 29.6 Å². The van der Waals surface area contributed by atoms with Crippen LogP contribution in [0.2, 0.25) is 0 Å². The van der Waals surface area contributed by atoms with Crippen molar-refractivity contribution < 1.29 is 23.0 Å².